The summed E-state index contributed by atoms with van der Waals surface area (Å²) in [4.78, 5) is 17.0. The molecule has 0 aromatic heterocycles. The number of carbonyl (C=O) groups excluding carboxylic acids is 1. The first kappa shape index (κ1) is 16.4. The molecule has 1 rings (SSSR count). The van der Waals surface area contributed by atoms with Crippen molar-refractivity contribution in [3.63, 3.8) is 0 Å². The van der Waals surface area contributed by atoms with Gasteiger partial charge in [0.25, 0.3) is 0 Å². The van der Waals surface area contributed by atoms with Gasteiger partial charge in [-0.15, -0.1) is 0 Å². The summed E-state index contributed by atoms with van der Waals surface area (Å²) in [6.45, 7) is 4.38. The van der Waals surface area contributed by atoms with Crippen LogP contribution >= 0.6 is 0 Å². The first-order chi connectivity index (χ1) is 9.10. The zero-order valence-corrected chi connectivity index (χ0v) is 12.9. The molecule has 0 radical (unpaired) electrons. The van der Waals surface area contributed by atoms with E-state index in [1.807, 2.05) is 0 Å². The summed E-state index contributed by atoms with van der Waals surface area (Å²) in [6.07, 6.45) is 6.81. The van der Waals surface area contributed by atoms with E-state index in [1.54, 1.807) is 0 Å². The van der Waals surface area contributed by atoms with Crippen LogP contribution in [0.3, 0.4) is 0 Å². The highest BCUT2D eigenvalue weighted by molar-refractivity contribution is 5.79. The molecule has 1 aliphatic rings. The van der Waals surface area contributed by atoms with Crippen molar-refractivity contribution in [1.82, 2.24) is 9.80 Å². The molecule has 0 heterocycles. The van der Waals surface area contributed by atoms with Crippen molar-refractivity contribution >= 4 is 5.91 Å². The van der Waals surface area contributed by atoms with Crippen molar-refractivity contribution in [2.75, 3.05) is 33.7 Å². The van der Waals surface area contributed by atoms with Crippen molar-refractivity contribution < 1.29 is 4.79 Å². The number of carbonyl (C=O) groups is 1. The zero-order chi connectivity index (χ0) is 14.3. The summed E-state index contributed by atoms with van der Waals surface area (Å²) in [5.41, 5.74) is 5.79. The average molecular weight is 269 g/mol. The van der Waals surface area contributed by atoms with Crippen molar-refractivity contribution in [3.05, 3.63) is 0 Å². The predicted octanol–water partition coefficient (Wildman–Crippen LogP) is 1.69. The molecule has 0 aromatic rings. The molecule has 1 aliphatic carbocycles. The highest BCUT2D eigenvalue weighted by Crippen LogP contribution is 2.25. The minimum absolute atomic E-state index is 0.0211. The van der Waals surface area contributed by atoms with Gasteiger partial charge in [0.05, 0.1) is 5.92 Å². The van der Waals surface area contributed by atoms with Crippen molar-refractivity contribution in [2.24, 2.45) is 11.7 Å². The smallest absolute Gasteiger partial charge is 0.227 e. The Morgan fingerprint density at radius 3 is 2.37 bits per heavy atom. The Morgan fingerprint density at radius 1 is 1.26 bits per heavy atom. The van der Waals surface area contributed by atoms with Crippen LogP contribution in [-0.4, -0.2) is 55.5 Å². The number of nitrogens with two attached hydrogens (primary N) is 1. The zero-order valence-electron chi connectivity index (χ0n) is 12.9. The second kappa shape index (κ2) is 8.54. The molecule has 1 unspecified atom stereocenters. The quantitative estimate of drug-likeness (QED) is 0.729. The van der Waals surface area contributed by atoms with Crippen LogP contribution in [0, 0.1) is 5.92 Å². The molecule has 19 heavy (non-hydrogen) atoms. The molecule has 1 saturated carbocycles. The van der Waals surface area contributed by atoms with Gasteiger partial charge in [-0.1, -0.05) is 26.2 Å². The Bertz CT molecular complexity index is 262. The van der Waals surface area contributed by atoms with Gasteiger partial charge in [-0.25, -0.2) is 0 Å². The Kier molecular flexibility index (Phi) is 7.39. The van der Waals surface area contributed by atoms with Gasteiger partial charge >= 0.3 is 0 Å². The van der Waals surface area contributed by atoms with Gasteiger partial charge in [0.15, 0.2) is 0 Å². The maximum Gasteiger partial charge on any atom is 0.227 e. The first-order valence-corrected chi connectivity index (χ1v) is 7.75. The van der Waals surface area contributed by atoms with Gasteiger partial charge in [0, 0.05) is 25.7 Å². The van der Waals surface area contributed by atoms with Crippen LogP contribution < -0.4 is 5.73 Å². The normalized spacial score (nSPS) is 17.9. The van der Waals surface area contributed by atoms with Gasteiger partial charge in [-0.05, 0) is 33.4 Å². The lowest BCUT2D eigenvalue weighted by molar-refractivity contribution is -0.138. The van der Waals surface area contributed by atoms with Gasteiger partial charge in [0.1, 0.15) is 0 Å². The maximum absolute atomic E-state index is 12.7. The Hall–Kier alpha value is -0.610. The Morgan fingerprint density at radius 2 is 1.89 bits per heavy atom. The van der Waals surface area contributed by atoms with E-state index in [4.69, 9.17) is 5.73 Å². The van der Waals surface area contributed by atoms with E-state index >= 15 is 0 Å². The third-order valence-electron chi connectivity index (χ3n) is 4.11. The topological polar surface area (TPSA) is 49.6 Å². The number of hydrogen-bond acceptors (Lipinski definition) is 3. The summed E-state index contributed by atoms with van der Waals surface area (Å²) in [6, 6.07) is 0.457. The fourth-order valence-electron chi connectivity index (χ4n) is 2.92. The third kappa shape index (κ3) is 5.11. The van der Waals surface area contributed by atoms with Crippen LogP contribution in [0.4, 0.5) is 0 Å². The monoisotopic (exact) mass is 269 g/mol. The van der Waals surface area contributed by atoms with Gasteiger partial charge in [-0.3, -0.25) is 4.79 Å². The molecular weight excluding hydrogens is 238 g/mol. The molecule has 0 spiro atoms. The van der Waals surface area contributed by atoms with E-state index in [1.165, 1.54) is 25.7 Å². The van der Waals surface area contributed by atoms with Crippen LogP contribution in [0.1, 0.15) is 45.4 Å². The largest absolute Gasteiger partial charge is 0.338 e. The van der Waals surface area contributed by atoms with E-state index in [-0.39, 0.29) is 11.8 Å². The molecular formula is C15H31N3O. The van der Waals surface area contributed by atoms with Crippen LogP contribution in [0.15, 0.2) is 0 Å². The highest BCUT2D eigenvalue weighted by atomic mass is 16.2. The average Bonchev–Trinajstić information content (AvgIpc) is 2.89. The standard InChI is InChI=1S/C15H31N3O/c1-4-7-13(12-16)15(19)18(11-10-17(2)3)14-8-5-6-9-14/h13-14H,4-12,16H2,1-3H3. The molecule has 0 aliphatic heterocycles. The first-order valence-electron chi connectivity index (χ1n) is 7.75. The lowest BCUT2D eigenvalue weighted by Gasteiger charge is -2.33. The highest BCUT2D eigenvalue weighted by Gasteiger charge is 2.30. The second-order valence-electron chi connectivity index (χ2n) is 5.99. The van der Waals surface area contributed by atoms with Crippen LogP contribution in [-0.2, 0) is 4.79 Å². The lowest BCUT2D eigenvalue weighted by atomic mass is 10.0. The summed E-state index contributed by atoms with van der Waals surface area (Å²) in [5, 5.41) is 0. The third-order valence-corrected chi connectivity index (χ3v) is 4.11. The fourth-order valence-corrected chi connectivity index (χ4v) is 2.92. The maximum atomic E-state index is 12.7. The van der Waals surface area contributed by atoms with Crippen molar-refractivity contribution in [1.29, 1.82) is 0 Å². The molecule has 1 atom stereocenters. The van der Waals surface area contributed by atoms with E-state index in [0.29, 0.717) is 12.6 Å². The molecule has 2 N–H and O–H groups in total. The number of nitrogens with zero attached hydrogens (tertiary/aromatic N) is 2. The Labute approximate surface area is 118 Å². The van der Waals surface area contributed by atoms with Crippen molar-refractivity contribution in [2.45, 2.75) is 51.5 Å². The van der Waals surface area contributed by atoms with Gasteiger partial charge in [0.2, 0.25) is 5.91 Å². The van der Waals surface area contributed by atoms with Crippen LogP contribution in [0.5, 0.6) is 0 Å². The minimum Gasteiger partial charge on any atom is -0.338 e. The molecule has 112 valence electrons. The SMILES string of the molecule is CCCC(CN)C(=O)N(CCN(C)C)C1CCCC1. The minimum atomic E-state index is 0.0211. The number of rotatable bonds is 8. The predicted molar refractivity (Wildman–Crippen MR) is 80.0 cm³/mol. The molecule has 1 amide bonds. The number of amides is 1. The van der Waals surface area contributed by atoms with Crippen molar-refractivity contribution in [3.8, 4) is 0 Å². The fraction of sp³-hybridized carbons (Fsp3) is 0.933. The molecule has 4 heteroatoms. The Balaban J connectivity index is 2.66. The summed E-state index contributed by atoms with van der Waals surface area (Å²) < 4.78 is 0. The second-order valence-corrected chi connectivity index (χ2v) is 5.99. The van der Waals surface area contributed by atoms with Gasteiger partial charge < -0.3 is 15.5 Å². The molecule has 0 aromatic carbocycles. The number of hydrogen-bond donors (Lipinski definition) is 1. The number of likely N-dealkylation sites (N-methyl/N-ethyl adjacent to an activating group) is 1. The lowest BCUT2D eigenvalue weighted by Crippen LogP contribution is -2.47. The molecule has 1 fully saturated rings. The summed E-state index contributed by atoms with van der Waals surface area (Å²) >= 11 is 0. The van der Waals surface area contributed by atoms with Gasteiger partial charge in [-0.2, -0.15) is 0 Å². The van der Waals surface area contributed by atoms with Crippen LogP contribution in [0.2, 0.25) is 0 Å². The van der Waals surface area contributed by atoms with E-state index in [0.717, 1.165) is 25.9 Å². The summed E-state index contributed by atoms with van der Waals surface area (Å²) in [7, 11) is 4.12. The summed E-state index contributed by atoms with van der Waals surface area (Å²) in [5.74, 6) is 0.311. The molecule has 4 nitrogen and oxygen atoms in total. The van der Waals surface area contributed by atoms with E-state index in [2.05, 4.69) is 30.8 Å². The van der Waals surface area contributed by atoms with E-state index in [9.17, 15) is 4.79 Å². The molecule has 0 bridgehead atoms. The van der Waals surface area contributed by atoms with Crippen LogP contribution in [0.25, 0.3) is 0 Å². The van der Waals surface area contributed by atoms with E-state index < -0.39 is 0 Å². The molecule has 0 saturated heterocycles.